The molecule has 2 aliphatic carbocycles. The summed E-state index contributed by atoms with van der Waals surface area (Å²) in [6, 6.07) is 7.87. The summed E-state index contributed by atoms with van der Waals surface area (Å²) in [5, 5.41) is 22.9. The molecule has 0 aromatic heterocycles. The zero-order valence-corrected chi connectivity index (χ0v) is 20.6. The number of amides is 1. The molecule has 9 heteroatoms. The number of carbonyl (C=O) groups is 1. The van der Waals surface area contributed by atoms with Gasteiger partial charge in [0.25, 0.3) is 0 Å². The number of alkyl halides is 3. The number of benzene rings is 2. The highest BCUT2D eigenvalue weighted by Crippen LogP contribution is 2.65. The quantitative estimate of drug-likeness (QED) is 0.611. The summed E-state index contributed by atoms with van der Waals surface area (Å²) in [5.74, 6) is 0.0594. The third-order valence-corrected chi connectivity index (χ3v) is 9.18. The lowest BCUT2D eigenvalue weighted by molar-refractivity contribution is -0.195. The Morgan fingerprint density at radius 3 is 2.78 bits per heavy atom. The van der Waals surface area contributed by atoms with E-state index in [0.717, 1.165) is 29.8 Å². The first kappa shape index (κ1) is 24.3. The van der Waals surface area contributed by atoms with Crippen LogP contribution < -0.4 is 4.74 Å². The normalized spacial score (nSPS) is 32.2. The highest BCUT2D eigenvalue weighted by atomic mass is 19.4. The first-order valence-corrected chi connectivity index (χ1v) is 12.5. The van der Waals surface area contributed by atoms with Crippen LogP contribution in [0.1, 0.15) is 41.5 Å². The van der Waals surface area contributed by atoms with Crippen LogP contribution in [-0.2, 0) is 22.8 Å². The Balaban J connectivity index is 1.33. The minimum absolute atomic E-state index is 0.0272. The fraction of sp³-hybridized carbons (Fsp3) is 0.464. The van der Waals surface area contributed by atoms with Gasteiger partial charge in [0.15, 0.2) is 11.5 Å². The predicted molar refractivity (Wildman–Crippen MR) is 130 cm³/mol. The van der Waals surface area contributed by atoms with E-state index in [4.69, 9.17) is 4.74 Å². The number of halogens is 3. The molecule has 2 N–H and O–H groups in total. The number of carbonyl (C=O) groups excluding carboxylic acids is 1. The zero-order valence-electron chi connectivity index (χ0n) is 20.6. The molecule has 2 aliphatic heterocycles. The summed E-state index contributed by atoms with van der Waals surface area (Å²) >= 11 is 0. The van der Waals surface area contributed by atoms with E-state index in [0.29, 0.717) is 31.4 Å². The maximum atomic E-state index is 13.2. The molecule has 2 heterocycles. The van der Waals surface area contributed by atoms with Gasteiger partial charge in [-0.15, -0.1) is 0 Å². The number of phenolic OH excluding ortho intramolecular Hbond substituents is 1. The Morgan fingerprint density at radius 2 is 2.03 bits per heavy atom. The molecular formula is C28H29F3N2O4. The number of hydrogen-bond acceptors (Lipinski definition) is 5. The van der Waals surface area contributed by atoms with E-state index in [2.05, 4.69) is 4.90 Å². The molecule has 196 valence electrons. The lowest BCUT2D eigenvalue weighted by atomic mass is 9.48. The van der Waals surface area contributed by atoms with Crippen LogP contribution in [0.15, 0.2) is 42.5 Å². The van der Waals surface area contributed by atoms with E-state index >= 15 is 0 Å². The van der Waals surface area contributed by atoms with E-state index < -0.39 is 28.9 Å². The molecule has 6 rings (SSSR count). The van der Waals surface area contributed by atoms with Gasteiger partial charge in [0.05, 0.1) is 22.6 Å². The van der Waals surface area contributed by atoms with Gasteiger partial charge in [0, 0.05) is 24.7 Å². The van der Waals surface area contributed by atoms with E-state index in [1.165, 1.54) is 24.3 Å². The van der Waals surface area contributed by atoms with Crippen molar-refractivity contribution in [2.75, 3.05) is 20.6 Å². The predicted octanol–water partition coefficient (Wildman–Crippen LogP) is 3.74. The summed E-state index contributed by atoms with van der Waals surface area (Å²) in [4.78, 5) is 17.0. The number of ether oxygens (including phenoxy) is 1. The van der Waals surface area contributed by atoms with Crippen LogP contribution in [0.25, 0.3) is 6.08 Å². The average Bonchev–Trinajstić information content (AvgIpc) is 3.21. The topological polar surface area (TPSA) is 73.2 Å². The third kappa shape index (κ3) is 3.29. The molecule has 6 nitrogen and oxygen atoms in total. The van der Waals surface area contributed by atoms with E-state index in [1.807, 2.05) is 13.1 Å². The van der Waals surface area contributed by atoms with Crippen LogP contribution in [0.5, 0.6) is 11.5 Å². The van der Waals surface area contributed by atoms with E-state index in [1.54, 1.807) is 18.0 Å². The van der Waals surface area contributed by atoms with Gasteiger partial charge < -0.3 is 24.7 Å². The van der Waals surface area contributed by atoms with Gasteiger partial charge in [-0.3, -0.25) is 4.79 Å². The molecule has 0 unspecified atom stereocenters. The van der Waals surface area contributed by atoms with Crippen LogP contribution in [0, 0.1) is 0 Å². The number of phenols is 1. The molecule has 2 fully saturated rings. The van der Waals surface area contributed by atoms with Gasteiger partial charge >= 0.3 is 6.18 Å². The fourth-order valence-corrected chi connectivity index (χ4v) is 7.39. The summed E-state index contributed by atoms with van der Waals surface area (Å²) < 4.78 is 45.7. The van der Waals surface area contributed by atoms with Crippen molar-refractivity contribution in [2.24, 2.45) is 0 Å². The Labute approximate surface area is 212 Å². The second kappa shape index (κ2) is 7.98. The summed E-state index contributed by atoms with van der Waals surface area (Å²) in [6.45, 7) is 0.751. The number of aliphatic hydroxyl groups is 1. The Morgan fingerprint density at radius 1 is 1.24 bits per heavy atom. The molecule has 4 aliphatic rings. The molecule has 1 amide bonds. The largest absolute Gasteiger partial charge is 0.504 e. The summed E-state index contributed by atoms with van der Waals surface area (Å²) in [5.41, 5.74) is -0.398. The second-order valence-electron chi connectivity index (χ2n) is 10.8. The molecule has 1 spiro atoms. The van der Waals surface area contributed by atoms with Crippen molar-refractivity contribution in [3.8, 4) is 11.5 Å². The highest BCUT2D eigenvalue weighted by Gasteiger charge is 2.73. The maximum Gasteiger partial charge on any atom is 0.416 e. The first-order valence-electron chi connectivity index (χ1n) is 12.5. The van der Waals surface area contributed by atoms with E-state index in [9.17, 15) is 28.2 Å². The fourth-order valence-electron chi connectivity index (χ4n) is 7.39. The van der Waals surface area contributed by atoms with Gasteiger partial charge in [-0.05, 0) is 74.7 Å². The second-order valence-corrected chi connectivity index (χ2v) is 10.8. The number of aromatic hydroxyl groups is 1. The summed E-state index contributed by atoms with van der Waals surface area (Å²) in [7, 11) is 3.68. The molecule has 2 aromatic carbocycles. The SMILES string of the molecule is CN1CC[C@]23c4c5ccc(O)c4O[C@H]2[C@@H](N(C)C(=O)C=Cc2cccc(C(F)(F)F)c2)CC[C@@]3(O)[C@H]1C5. The lowest BCUT2D eigenvalue weighted by Crippen LogP contribution is -2.77. The number of hydrogen-bond donors (Lipinski definition) is 2. The van der Waals surface area contributed by atoms with Crippen molar-refractivity contribution in [3.05, 3.63) is 64.7 Å². The maximum absolute atomic E-state index is 13.2. The number of rotatable bonds is 3. The molecule has 2 bridgehead atoms. The molecule has 1 saturated carbocycles. The van der Waals surface area contributed by atoms with Crippen LogP contribution in [0.3, 0.4) is 0 Å². The van der Waals surface area contributed by atoms with Crippen molar-refractivity contribution in [1.29, 1.82) is 0 Å². The average molecular weight is 515 g/mol. The first-order chi connectivity index (χ1) is 17.5. The van der Waals surface area contributed by atoms with Crippen LogP contribution >= 0.6 is 0 Å². The minimum atomic E-state index is -4.46. The molecular weight excluding hydrogens is 485 g/mol. The lowest BCUT2D eigenvalue weighted by Gasteiger charge is -2.64. The number of nitrogens with zero attached hydrogens (tertiary/aromatic N) is 2. The zero-order chi connectivity index (χ0) is 26.3. The van der Waals surface area contributed by atoms with Crippen molar-refractivity contribution >= 4 is 12.0 Å². The van der Waals surface area contributed by atoms with E-state index in [-0.39, 0.29) is 29.3 Å². The molecule has 2 aromatic rings. The number of likely N-dealkylation sites (N-methyl/N-ethyl adjacent to an activating group) is 2. The molecule has 0 radical (unpaired) electrons. The van der Waals surface area contributed by atoms with Gasteiger partial charge in [-0.25, -0.2) is 0 Å². The van der Waals surface area contributed by atoms with Gasteiger partial charge in [0.2, 0.25) is 5.91 Å². The van der Waals surface area contributed by atoms with Gasteiger partial charge in [-0.1, -0.05) is 18.2 Å². The Kier molecular flexibility index (Phi) is 5.24. The van der Waals surface area contributed by atoms with Crippen LogP contribution in [-0.4, -0.2) is 70.3 Å². The van der Waals surface area contributed by atoms with Crippen LogP contribution in [0.4, 0.5) is 13.2 Å². The van der Waals surface area contributed by atoms with Crippen molar-refractivity contribution in [2.45, 2.75) is 61.1 Å². The summed E-state index contributed by atoms with van der Waals surface area (Å²) in [6.07, 6.45) is -0.110. The number of piperidine rings is 1. The molecule has 1 saturated heterocycles. The molecule has 37 heavy (non-hydrogen) atoms. The van der Waals surface area contributed by atoms with Crippen molar-refractivity contribution in [3.63, 3.8) is 0 Å². The Hall–Kier alpha value is -3.04. The smallest absolute Gasteiger partial charge is 0.416 e. The van der Waals surface area contributed by atoms with Crippen molar-refractivity contribution in [1.82, 2.24) is 9.80 Å². The van der Waals surface area contributed by atoms with Crippen LogP contribution in [0.2, 0.25) is 0 Å². The third-order valence-electron chi connectivity index (χ3n) is 9.18. The van der Waals surface area contributed by atoms with Crippen molar-refractivity contribution < 1.29 is 32.9 Å². The standard InChI is InChI=1S/C28H29F3N2O4/c1-32-13-12-26-23-17-7-8-20(34)24(23)37-25(26)19(10-11-27(26,36)21(32)15-17)33(2)22(35)9-6-16-4-3-5-18(14-16)28(29,30)31/h3-9,14,19,21,25,34,36H,10-13,15H2,1-2H3/t19-,21+,25-,26-,27+/m0/s1. The monoisotopic (exact) mass is 514 g/mol. The highest BCUT2D eigenvalue weighted by molar-refractivity contribution is 5.92. The van der Waals surface area contributed by atoms with Gasteiger partial charge in [-0.2, -0.15) is 13.2 Å². The number of likely N-dealkylation sites (tertiary alicyclic amines) is 1. The van der Waals surface area contributed by atoms with Gasteiger partial charge in [0.1, 0.15) is 6.10 Å². The minimum Gasteiger partial charge on any atom is -0.504 e. The Bertz CT molecular complexity index is 1310. The molecule has 5 atom stereocenters.